The maximum absolute atomic E-state index is 11.6. The van der Waals surface area contributed by atoms with Crippen LogP contribution >= 0.6 is 0 Å². The van der Waals surface area contributed by atoms with E-state index in [2.05, 4.69) is 4.90 Å². The molecule has 1 spiro atoms. The lowest BCUT2D eigenvalue weighted by atomic mass is 9.77. The van der Waals surface area contributed by atoms with E-state index in [1.807, 2.05) is 6.07 Å². The predicted molar refractivity (Wildman–Crippen MR) is 86.3 cm³/mol. The average Bonchev–Trinajstić information content (AvgIpc) is 2.87. The van der Waals surface area contributed by atoms with Crippen LogP contribution in [-0.2, 0) is 9.84 Å². The second kappa shape index (κ2) is 5.20. The van der Waals surface area contributed by atoms with Crippen LogP contribution in [0.2, 0.25) is 0 Å². The van der Waals surface area contributed by atoms with Crippen LogP contribution in [0.25, 0.3) is 0 Å². The molecule has 0 atom stereocenters. The van der Waals surface area contributed by atoms with Gasteiger partial charge in [-0.15, -0.1) is 0 Å². The Morgan fingerprint density at radius 2 is 1.71 bits per heavy atom. The Balaban J connectivity index is 1.76. The first kappa shape index (κ1) is 14.7. The first-order valence-corrected chi connectivity index (χ1v) is 9.63. The number of sulfone groups is 1. The SMILES string of the molecule is CS(=O)(=O)c1ccc(N2CCC3(CCCC3)CC2)c(N)c1. The molecule has 5 heteroatoms. The molecule has 1 saturated carbocycles. The smallest absolute Gasteiger partial charge is 0.175 e. The molecule has 116 valence electrons. The minimum absolute atomic E-state index is 0.299. The van der Waals surface area contributed by atoms with E-state index in [-0.39, 0.29) is 0 Å². The molecule has 1 saturated heterocycles. The number of nitrogens with zero attached hydrogens (tertiary/aromatic N) is 1. The van der Waals surface area contributed by atoms with Gasteiger partial charge in [0, 0.05) is 19.3 Å². The van der Waals surface area contributed by atoms with Crippen molar-refractivity contribution < 1.29 is 8.42 Å². The van der Waals surface area contributed by atoms with Crippen molar-refractivity contribution >= 4 is 21.2 Å². The third-order valence-corrected chi connectivity index (χ3v) is 6.37. The first-order valence-electron chi connectivity index (χ1n) is 7.74. The van der Waals surface area contributed by atoms with Gasteiger partial charge in [-0.2, -0.15) is 0 Å². The summed E-state index contributed by atoms with van der Waals surface area (Å²) in [6.07, 6.45) is 9.20. The highest BCUT2D eigenvalue weighted by molar-refractivity contribution is 7.90. The first-order chi connectivity index (χ1) is 9.90. The van der Waals surface area contributed by atoms with E-state index < -0.39 is 9.84 Å². The summed E-state index contributed by atoms with van der Waals surface area (Å²) in [5.74, 6) is 0. The largest absolute Gasteiger partial charge is 0.397 e. The monoisotopic (exact) mass is 308 g/mol. The van der Waals surface area contributed by atoms with Crippen molar-refractivity contribution in [2.45, 2.75) is 43.4 Å². The summed E-state index contributed by atoms with van der Waals surface area (Å²) in [5, 5.41) is 0. The van der Waals surface area contributed by atoms with Crippen molar-refractivity contribution in [1.82, 2.24) is 0 Å². The molecule has 0 amide bonds. The van der Waals surface area contributed by atoms with E-state index >= 15 is 0 Å². The summed E-state index contributed by atoms with van der Waals surface area (Å²) >= 11 is 0. The highest BCUT2D eigenvalue weighted by Gasteiger charge is 2.37. The molecule has 21 heavy (non-hydrogen) atoms. The fourth-order valence-electron chi connectivity index (χ4n) is 3.90. The minimum Gasteiger partial charge on any atom is -0.397 e. The molecule has 2 N–H and O–H groups in total. The van der Waals surface area contributed by atoms with Gasteiger partial charge >= 0.3 is 0 Å². The summed E-state index contributed by atoms with van der Waals surface area (Å²) in [6.45, 7) is 2.06. The van der Waals surface area contributed by atoms with Crippen LogP contribution in [0.1, 0.15) is 38.5 Å². The van der Waals surface area contributed by atoms with Crippen molar-refractivity contribution in [2.75, 3.05) is 30.0 Å². The van der Waals surface area contributed by atoms with E-state index in [1.54, 1.807) is 12.1 Å². The van der Waals surface area contributed by atoms with E-state index in [4.69, 9.17) is 5.73 Å². The second-order valence-electron chi connectivity index (χ2n) is 6.69. The standard InChI is InChI=1S/C16H24N2O2S/c1-21(19,20)13-4-5-15(14(17)12-13)18-10-8-16(9-11-18)6-2-3-7-16/h4-5,12H,2-3,6-11,17H2,1H3. The number of anilines is 2. The fourth-order valence-corrected chi connectivity index (χ4v) is 4.55. The average molecular weight is 308 g/mol. The lowest BCUT2D eigenvalue weighted by Crippen LogP contribution is -2.39. The molecule has 3 rings (SSSR count). The van der Waals surface area contributed by atoms with Gasteiger partial charge in [0.1, 0.15) is 0 Å². The highest BCUT2D eigenvalue weighted by Crippen LogP contribution is 2.47. The number of nitrogen functional groups attached to an aromatic ring is 1. The minimum atomic E-state index is -3.19. The predicted octanol–water partition coefficient (Wildman–Crippen LogP) is 2.83. The zero-order chi connectivity index (χ0) is 15.1. The Morgan fingerprint density at radius 1 is 1.10 bits per heavy atom. The summed E-state index contributed by atoms with van der Waals surface area (Å²) < 4.78 is 23.1. The van der Waals surface area contributed by atoms with E-state index in [9.17, 15) is 8.42 Å². The van der Waals surface area contributed by atoms with Crippen molar-refractivity contribution in [1.29, 1.82) is 0 Å². The van der Waals surface area contributed by atoms with Gasteiger partial charge in [-0.25, -0.2) is 8.42 Å². The summed E-state index contributed by atoms with van der Waals surface area (Å²) in [4.78, 5) is 2.61. The van der Waals surface area contributed by atoms with Crippen molar-refractivity contribution in [2.24, 2.45) is 5.41 Å². The van der Waals surface area contributed by atoms with E-state index in [0.717, 1.165) is 18.8 Å². The van der Waals surface area contributed by atoms with Crippen LogP contribution in [-0.4, -0.2) is 27.8 Å². The number of nitrogens with two attached hydrogens (primary N) is 1. The quantitative estimate of drug-likeness (QED) is 0.853. The Hall–Kier alpha value is -1.23. The normalized spacial score (nSPS) is 21.9. The van der Waals surface area contributed by atoms with Crippen LogP contribution in [0.15, 0.2) is 23.1 Å². The molecule has 1 aromatic carbocycles. The molecular weight excluding hydrogens is 284 g/mol. The van der Waals surface area contributed by atoms with Crippen molar-refractivity contribution in [3.8, 4) is 0 Å². The molecular formula is C16H24N2O2S. The fraction of sp³-hybridized carbons (Fsp3) is 0.625. The maximum Gasteiger partial charge on any atom is 0.175 e. The van der Waals surface area contributed by atoms with Crippen LogP contribution in [0.5, 0.6) is 0 Å². The molecule has 4 nitrogen and oxygen atoms in total. The topological polar surface area (TPSA) is 63.4 Å². The Kier molecular flexibility index (Phi) is 3.64. The van der Waals surface area contributed by atoms with Gasteiger partial charge in [0.2, 0.25) is 0 Å². The molecule has 0 unspecified atom stereocenters. The molecule has 0 bridgehead atoms. The molecule has 1 aliphatic heterocycles. The summed E-state index contributed by atoms with van der Waals surface area (Å²) in [5.41, 5.74) is 8.22. The molecule has 2 fully saturated rings. The number of hydrogen-bond donors (Lipinski definition) is 1. The zero-order valence-corrected chi connectivity index (χ0v) is 13.5. The zero-order valence-electron chi connectivity index (χ0n) is 12.6. The molecule has 2 aliphatic rings. The van der Waals surface area contributed by atoms with Gasteiger partial charge in [0.25, 0.3) is 0 Å². The number of hydrogen-bond acceptors (Lipinski definition) is 4. The molecule has 0 aromatic heterocycles. The van der Waals surface area contributed by atoms with Crippen LogP contribution in [0, 0.1) is 5.41 Å². The lowest BCUT2D eigenvalue weighted by molar-refractivity contribution is 0.226. The molecule has 0 radical (unpaired) electrons. The third-order valence-electron chi connectivity index (χ3n) is 5.26. The number of piperidine rings is 1. The number of benzene rings is 1. The van der Waals surface area contributed by atoms with Gasteiger partial charge in [-0.3, -0.25) is 0 Å². The Morgan fingerprint density at radius 3 is 2.24 bits per heavy atom. The molecule has 1 aromatic rings. The van der Waals surface area contributed by atoms with Gasteiger partial charge < -0.3 is 10.6 Å². The lowest BCUT2D eigenvalue weighted by Gasteiger charge is -2.40. The van der Waals surface area contributed by atoms with Gasteiger partial charge in [-0.05, 0) is 49.3 Å². The van der Waals surface area contributed by atoms with Crippen LogP contribution in [0.4, 0.5) is 11.4 Å². The van der Waals surface area contributed by atoms with Crippen LogP contribution < -0.4 is 10.6 Å². The van der Waals surface area contributed by atoms with Gasteiger partial charge in [0.05, 0.1) is 16.3 Å². The summed E-state index contributed by atoms with van der Waals surface area (Å²) in [7, 11) is -3.19. The maximum atomic E-state index is 11.6. The summed E-state index contributed by atoms with van der Waals surface area (Å²) in [6, 6.07) is 5.12. The van der Waals surface area contributed by atoms with Crippen molar-refractivity contribution in [3.05, 3.63) is 18.2 Å². The van der Waals surface area contributed by atoms with E-state index in [1.165, 1.54) is 44.8 Å². The van der Waals surface area contributed by atoms with Gasteiger partial charge in [0.15, 0.2) is 9.84 Å². The van der Waals surface area contributed by atoms with Crippen molar-refractivity contribution in [3.63, 3.8) is 0 Å². The Labute approximate surface area is 127 Å². The molecule has 1 aliphatic carbocycles. The Bertz CT molecular complexity index is 624. The third kappa shape index (κ3) is 2.89. The second-order valence-corrected chi connectivity index (χ2v) is 8.70. The van der Waals surface area contributed by atoms with Gasteiger partial charge in [-0.1, -0.05) is 12.8 Å². The van der Waals surface area contributed by atoms with E-state index in [0.29, 0.717) is 16.0 Å². The van der Waals surface area contributed by atoms with Crippen LogP contribution in [0.3, 0.4) is 0 Å². The highest BCUT2D eigenvalue weighted by atomic mass is 32.2. The number of rotatable bonds is 2. The molecule has 1 heterocycles.